The number of hydrogen-bond donors (Lipinski definition) is 0. The van der Waals surface area contributed by atoms with Gasteiger partial charge in [-0.15, -0.1) is 53.6 Å². The van der Waals surface area contributed by atoms with E-state index in [1.54, 1.807) is 19.9 Å². The van der Waals surface area contributed by atoms with E-state index >= 15 is 0 Å². The quantitative estimate of drug-likeness (QED) is 0.118. The number of rotatable bonds is 7. The van der Waals surface area contributed by atoms with Crippen LogP contribution in [0.4, 0.5) is 0 Å². The Bertz CT molecular complexity index is 2540. The summed E-state index contributed by atoms with van der Waals surface area (Å²) in [7, 11) is -1.56. The number of furan rings is 1. The van der Waals surface area contributed by atoms with E-state index in [-0.39, 0.29) is 25.7 Å². The Morgan fingerprint density at radius 3 is 2.06 bits per heavy atom. The molecule has 0 spiro atoms. The van der Waals surface area contributed by atoms with Crippen molar-refractivity contribution in [1.82, 2.24) is 9.97 Å². The molecule has 3 nitrogen and oxygen atoms in total. The number of aromatic nitrogens is 2. The maximum Gasteiger partial charge on any atom is 0.121 e. The fourth-order valence-corrected chi connectivity index (χ4v) is 7.84. The molecule has 0 saturated carbocycles. The van der Waals surface area contributed by atoms with E-state index < -0.39 is 32.6 Å². The van der Waals surface area contributed by atoms with Gasteiger partial charge in [-0.25, -0.2) is 0 Å². The molecule has 3 heterocycles. The van der Waals surface area contributed by atoms with Crippen LogP contribution in [-0.2, 0) is 20.1 Å². The van der Waals surface area contributed by atoms with E-state index in [4.69, 9.17) is 12.6 Å². The number of fused-ring (bicyclic) bond motifs is 3. The minimum Gasteiger partial charge on any atom is -0.501 e. The Labute approximate surface area is 333 Å². The molecule has 0 unspecified atom stereocenters. The normalized spacial score (nSPS) is 14.2. The van der Waals surface area contributed by atoms with Crippen molar-refractivity contribution in [3.05, 3.63) is 138 Å². The number of nitrogens with zero attached hydrogens (tertiary/aromatic N) is 2. The average molecular weight is 885 g/mol. The smallest absolute Gasteiger partial charge is 0.121 e. The fourth-order valence-electron chi connectivity index (χ4n) is 6.26. The molecule has 7 aromatic rings. The van der Waals surface area contributed by atoms with Crippen molar-refractivity contribution in [3.63, 3.8) is 0 Å². The third-order valence-corrected chi connectivity index (χ3v) is 11.2. The van der Waals surface area contributed by atoms with Crippen LogP contribution in [0.3, 0.4) is 0 Å². The molecule has 0 N–H and O–H groups in total. The zero-order valence-electron chi connectivity index (χ0n) is 37.5. The van der Waals surface area contributed by atoms with Crippen molar-refractivity contribution in [2.24, 2.45) is 0 Å². The van der Waals surface area contributed by atoms with Crippen LogP contribution in [-0.4, -0.2) is 18.0 Å². The first-order chi connectivity index (χ1) is 26.4. The number of aryl methyl sites for hydroxylation is 1. The van der Waals surface area contributed by atoms with Crippen LogP contribution in [0.2, 0.25) is 19.6 Å². The monoisotopic (exact) mass is 885 g/mol. The van der Waals surface area contributed by atoms with Gasteiger partial charge in [0.05, 0.1) is 13.7 Å². The molecule has 52 heavy (non-hydrogen) atoms. The van der Waals surface area contributed by atoms with Gasteiger partial charge in [0.25, 0.3) is 0 Å². The summed E-state index contributed by atoms with van der Waals surface area (Å²) in [6, 6.07) is 36.1. The van der Waals surface area contributed by atoms with Crippen LogP contribution >= 0.6 is 0 Å². The maximum absolute atomic E-state index is 8.53. The van der Waals surface area contributed by atoms with E-state index in [1.165, 1.54) is 11.4 Å². The summed E-state index contributed by atoms with van der Waals surface area (Å²) < 4.78 is 55.0. The first-order valence-electron chi connectivity index (χ1n) is 20.4. The SMILES string of the molecule is [2H]C(C)(C)c1c[c-]c(-c2cc(C([2H])(C)C)c([Si](C)(C)C)cn2)cc1.[2H]C([2H])([2H])c1cnc(-c2[c-]ccc3c2oc2cc(-c4ccccc4)ccc23)cc1C([2H])(C)C.[Ir]. The first-order valence-corrected chi connectivity index (χ1v) is 20.9. The van der Waals surface area contributed by atoms with Gasteiger partial charge in [-0.2, -0.15) is 0 Å². The Morgan fingerprint density at radius 1 is 0.712 bits per heavy atom. The minimum atomic E-state index is -2.35. The van der Waals surface area contributed by atoms with E-state index in [0.717, 1.165) is 49.9 Å². The van der Waals surface area contributed by atoms with Gasteiger partial charge in [0.1, 0.15) is 5.58 Å². The molecule has 1 radical (unpaired) electrons. The first kappa shape index (κ1) is 31.4. The van der Waals surface area contributed by atoms with Crippen LogP contribution in [0.25, 0.3) is 55.6 Å². The van der Waals surface area contributed by atoms with Crippen molar-refractivity contribution in [2.45, 2.75) is 85.7 Å². The Hall–Kier alpha value is -4.15. The van der Waals surface area contributed by atoms with Crippen LogP contribution in [0.1, 0.15) is 89.7 Å². The molecule has 0 saturated heterocycles. The summed E-state index contributed by atoms with van der Waals surface area (Å²) in [5.74, 6) is -2.39. The zero-order valence-corrected chi connectivity index (χ0v) is 34.8. The van der Waals surface area contributed by atoms with Crippen molar-refractivity contribution >= 4 is 35.2 Å². The summed E-state index contributed by atoms with van der Waals surface area (Å²) in [4.78, 5) is 9.10. The largest absolute Gasteiger partial charge is 0.501 e. The van der Waals surface area contributed by atoms with Gasteiger partial charge < -0.3 is 14.4 Å². The standard InChI is InChI=1S/C27H22NO.C20H28NSi.Ir/c1-17(2)24-15-25(28-16-18(24)3)23-11-7-10-22-21-13-12-20(14-26(21)29-27(22)23)19-8-5-4-6-9-19;1-14(2)16-8-10-17(11-9-16)19-12-18(15(3)4)20(13-21-19)22(5,6)7;/h4-10,12-17H,1-3H3;8-10,12-15H,1-7H3;/q2*-1;/i3D3,17D;14D,15D;. The molecule has 269 valence electrons. The van der Waals surface area contributed by atoms with Crippen molar-refractivity contribution in [3.8, 4) is 33.6 Å². The number of pyridine rings is 2. The van der Waals surface area contributed by atoms with Crippen LogP contribution in [0, 0.1) is 19.0 Å². The summed E-state index contributed by atoms with van der Waals surface area (Å²) >= 11 is 0. The second kappa shape index (κ2) is 16.2. The molecule has 0 aliphatic heterocycles. The second-order valence-corrected chi connectivity index (χ2v) is 19.8. The van der Waals surface area contributed by atoms with Gasteiger partial charge in [-0.3, -0.25) is 0 Å². The Balaban J connectivity index is 0.000000229. The summed E-state index contributed by atoms with van der Waals surface area (Å²) in [6.45, 7) is 15.5. The predicted molar refractivity (Wildman–Crippen MR) is 220 cm³/mol. The van der Waals surface area contributed by atoms with Crippen LogP contribution < -0.4 is 5.19 Å². The molecule has 5 heteroatoms. The van der Waals surface area contributed by atoms with Gasteiger partial charge in [0, 0.05) is 46.1 Å². The summed E-state index contributed by atoms with van der Waals surface area (Å²) in [5.41, 5.74) is 9.01. The number of hydrogen-bond acceptors (Lipinski definition) is 3. The van der Waals surface area contributed by atoms with Gasteiger partial charge >= 0.3 is 0 Å². The third-order valence-electron chi connectivity index (χ3n) is 9.16. The van der Waals surface area contributed by atoms with Gasteiger partial charge in [-0.05, 0) is 63.5 Å². The Morgan fingerprint density at radius 2 is 1.42 bits per heavy atom. The predicted octanol–water partition coefficient (Wildman–Crippen LogP) is 12.9. The molecule has 0 aliphatic carbocycles. The topological polar surface area (TPSA) is 38.9 Å². The fraction of sp³-hybridized carbons (Fsp3) is 0.277. The zero-order chi connectivity index (χ0) is 41.7. The molecule has 7 rings (SSSR count). The summed E-state index contributed by atoms with van der Waals surface area (Å²) in [6.07, 6.45) is 3.32. The van der Waals surface area contributed by atoms with Gasteiger partial charge in [0.2, 0.25) is 0 Å². The molecule has 0 bridgehead atoms. The van der Waals surface area contributed by atoms with Crippen LogP contribution in [0.5, 0.6) is 0 Å². The maximum atomic E-state index is 8.53. The van der Waals surface area contributed by atoms with E-state index in [9.17, 15) is 0 Å². The molecular weight excluding hydrogens is 829 g/mol. The van der Waals surface area contributed by atoms with E-state index in [0.29, 0.717) is 22.4 Å². The third kappa shape index (κ3) is 8.39. The molecular formula is C47H50IrN2OSi-2. The molecule has 0 fully saturated rings. The molecule has 3 aromatic heterocycles. The Kier molecular flexibility index (Phi) is 9.81. The minimum absolute atomic E-state index is 0. The van der Waals surface area contributed by atoms with Crippen molar-refractivity contribution in [2.75, 3.05) is 0 Å². The van der Waals surface area contributed by atoms with Gasteiger partial charge in [0.15, 0.2) is 0 Å². The van der Waals surface area contributed by atoms with Crippen molar-refractivity contribution < 1.29 is 32.7 Å². The van der Waals surface area contributed by atoms with Crippen molar-refractivity contribution in [1.29, 1.82) is 0 Å². The van der Waals surface area contributed by atoms with E-state index in [1.807, 2.05) is 88.5 Å². The summed E-state index contributed by atoms with van der Waals surface area (Å²) in [5, 5.41) is 3.17. The second-order valence-electron chi connectivity index (χ2n) is 14.7. The van der Waals surface area contributed by atoms with E-state index in [2.05, 4.69) is 72.1 Å². The molecule has 0 atom stereocenters. The van der Waals surface area contributed by atoms with Crippen LogP contribution in [0.15, 0.2) is 108 Å². The molecule has 0 aliphatic rings. The molecule has 4 aromatic carbocycles. The van der Waals surface area contributed by atoms with Gasteiger partial charge in [-0.1, -0.05) is 138 Å². The average Bonchev–Trinajstić information content (AvgIpc) is 3.51. The molecule has 0 amide bonds. The number of benzene rings is 4.